The second-order valence-corrected chi connectivity index (χ2v) is 7.47. The van der Waals surface area contributed by atoms with Crippen LogP contribution < -0.4 is 0 Å². The van der Waals surface area contributed by atoms with Crippen LogP contribution in [0, 0.1) is 17.8 Å². The first-order valence-corrected chi connectivity index (χ1v) is 8.64. The Morgan fingerprint density at radius 3 is 2.71 bits per heavy atom. The molecule has 1 aromatic carbocycles. The molecule has 1 aliphatic carbocycles. The zero-order valence-electron chi connectivity index (χ0n) is 12.2. The van der Waals surface area contributed by atoms with Gasteiger partial charge in [-0.1, -0.05) is 30.7 Å². The van der Waals surface area contributed by atoms with Gasteiger partial charge in [-0.3, -0.25) is 0 Å². The van der Waals surface area contributed by atoms with E-state index in [0.29, 0.717) is 18.0 Å². The molecule has 0 aliphatic heterocycles. The Kier molecular flexibility index (Phi) is 5.40. The van der Waals surface area contributed by atoms with Gasteiger partial charge in [0.25, 0.3) is 0 Å². The summed E-state index contributed by atoms with van der Waals surface area (Å²) in [5, 5.41) is 8.70. The molecule has 0 bridgehead atoms. The fourth-order valence-corrected chi connectivity index (χ4v) is 4.00. The predicted molar refractivity (Wildman–Crippen MR) is 82.2 cm³/mol. The van der Waals surface area contributed by atoms with Gasteiger partial charge in [0, 0.05) is 19.2 Å². The van der Waals surface area contributed by atoms with E-state index in [4.69, 9.17) is 5.11 Å². The molecule has 0 unspecified atom stereocenters. The van der Waals surface area contributed by atoms with Crippen molar-refractivity contribution in [2.75, 3.05) is 20.2 Å². The second-order valence-electron chi connectivity index (χ2n) is 5.42. The molecule has 0 aromatic heterocycles. The van der Waals surface area contributed by atoms with Crippen LogP contribution in [0.5, 0.6) is 0 Å². The lowest BCUT2D eigenvalue weighted by atomic mass is 10.1. The number of nitrogens with zero attached hydrogens (tertiary/aromatic N) is 1. The van der Waals surface area contributed by atoms with Crippen LogP contribution in [0.3, 0.4) is 0 Å². The highest BCUT2D eigenvalue weighted by atomic mass is 32.2. The van der Waals surface area contributed by atoms with E-state index in [0.717, 1.165) is 12.8 Å². The summed E-state index contributed by atoms with van der Waals surface area (Å²) < 4.78 is 26.6. The summed E-state index contributed by atoms with van der Waals surface area (Å²) in [4.78, 5) is 0.257. The molecule has 0 atom stereocenters. The Morgan fingerprint density at radius 2 is 2.05 bits per heavy atom. The summed E-state index contributed by atoms with van der Waals surface area (Å²) in [6.07, 6.45) is 4.62. The van der Waals surface area contributed by atoms with Crippen LogP contribution in [0.25, 0.3) is 0 Å². The van der Waals surface area contributed by atoms with E-state index < -0.39 is 10.0 Å². The lowest BCUT2D eigenvalue weighted by Gasteiger charge is -2.20. The molecule has 0 radical (unpaired) electrons. The zero-order chi connectivity index (χ0) is 15.3. The van der Waals surface area contributed by atoms with Crippen molar-refractivity contribution in [1.29, 1.82) is 0 Å². The summed E-state index contributed by atoms with van der Waals surface area (Å²) in [6, 6.07) is 6.56. The average molecular weight is 307 g/mol. The van der Waals surface area contributed by atoms with Gasteiger partial charge in [-0.05, 0) is 37.0 Å². The van der Waals surface area contributed by atoms with E-state index >= 15 is 0 Å². The molecule has 1 saturated carbocycles. The number of rotatable bonds is 4. The average Bonchev–Trinajstić information content (AvgIpc) is 2.98. The summed E-state index contributed by atoms with van der Waals surface area (Å²) in [6.45, 7) is 0.341. The van der Waals surface area contributed by atoms with Gasteiger partial charge in [0.05, 0.1) is 4.90 Å². The van der Waals surface area contributed by atoms with Crippen LogP contribution in [0.15, 0.2) is 29.2 Å². The Hall–Kier alpha value is -1.35. The van der Waals surface area contributed by atoms with Gasteiger partial charge in [-0.2, -0.15) is 0 Å². The van der Waals surface area contributed by atoms with Crippen molar-refractivity contribution in [3.05, 3.63) is 29.8 Å². The largest absolute Gasteiger partial charge is 0.384 e. The second kappa shape index (κ2) is 7.08. The third-order valence-electron chi connectivity index (χ3n) is 3.84. The number of benzene rings is 1. The number of hydrogen-bond donors (Lipinski definition) is 1. The minimum Gasteiger partial charge on any atom is -0.384 e. The minimum atomic E-state index is -3.47. The highest BCUT2D eigenvalue weighted by Crippen LogP contribution is 2.27. The van der Waals surface area contributed by atoms with E-state index in [2.05, 4.69) is 11.8 Å². The molecule has 0 amide bonds. The number of sulfonamides is 1. The first-order chi connectivity index (χ1) is 10.0. The summed E-state index contributed by atoms with van der Waals surface area (Å²) in [5.41, 5.74) is 0.597. The summed E-state index contributed by atoms with van der Waals surface area (Å²) >= 11 is 0. The normalized spacial score (nSPS) is 16.0. The quantitative estimate of drug-likeness (QED) is 0.864. The monoisotopic (exact) mass is 307 g/mol. The van der Waals surface area contributed by atoms with Gasteiger partial charge in [0.15, 0.2) is 0 Å². The van der Waals surface area contributed by atoms with Crippen LogP contribution in [-0.4, -0.2) is 38.0 Å². The summed E-state index contributed by atoms with van der Waals surface area (Å²) in [7, 11) is -1.83. The topological polar surface area (TPSA) is 57.6 Å². The molecular formula is C16H21NO3S. The maximum absolute atomic E-state index is 12.6. The smallest absolute Gasteiger partial charge is 0.242 e. The molecule has 1 aromatic rings. The van der Waals surface area contributed by atoms with Crippen molar-refractivity contribution in [2.24, 2.45) is 5.92 Å². The van der Waals surface area contributed by atoms with Crippen LogP contribution in [0.2, 0.25) is 0 Å². The van der Waals surface area contributed by atoms with Crippen molar-refractivity contribution in [1.82, 2.24) is 4.31 Å². The first-order valence-electron chi connectivity index (χ1n) is 7.20. The van der Waals surface area contributed by atoms with E-state index in [-0.39, 0.29) is 11.5 Å². The van der Waals surface area contributed by atoms with Gasteiger partial charge >= 0.3 is 0 Å². The van der Waals surface area contributed by atoms with Crippen LogP contribution >= 0.6 is 0 Å². The van der Waals surface area contributed by atoms with Crippen LogP contribution in [0.4, 0.5) is 0 Å². The Balaban J connectivity index is 2.17. The Morgan fingerprint density at radius 1 is 1.33 bits per heavy atom. The van der Waals surface area contributed by atoms with E-state index in [1.807, 2.05) is 0 Å². The molecule has 2 rings (SSSR count). The highest BCUT2D eigenvalue weighted by Gasteiger charge is 2.25. The molecule has 0 spiro atoms. The minimum absolute atomic E-state index is 0.238. The van der Waals surface area contributed by atoms with Crippen molar-refractivity contribution in [3.63, 3.8) is 0 Å². The van der Waals surface area contributed by atoms with Crippen molar-refractivity contribution in [2.45, 2.75) is 30.6 Å². The Bertz CT molecular complexity index is 637. The lowest BCUT2D eigenvalue weighted by Crippen LogP contribution is -2.31. The fraction of sp³-hybridized carbons (Fsp3) is 0.500. The zero-order valence-corrected chi connectivity index (χ0v) is 13.1. The fourth-order valence-electron chi connectivity index (χ4n) is 2.71. The molecule has 0 heterocycles. The molecule has 0 saturated heterocycles. The number of aliphatic hydroxyl groups is 1. The van der Waals surface area contributed by atoms with Gasteiger partial charge < -0.3 is 5.11 Å². The molecule has 1 aliphatic rings. The van der Waals surface area contributed by atoms with Gasteiger partial charge in [-0.15, -0.1) is 0 Å². The Labute approximate surface area is 126 Å². The van der Waals surface area contributed by atoms with Crippen LogP contribution in [0.1, 0.15) is 31.2 Å². The predicted octanol–water partition coefficient (Wildman–Crippen LogP) is 1.84. The molecule has 1 fully saturated rings. The van der Waals surface area contributed by atoms with Crippen LogP contribution in [-0.2, 0) is 10.0 Å². The standard InChI is InChI=1S/C16H21NO3S/c1-17(13-15-6-2-3-7-15)21(19,20)16-10-4-8-14(12-16)9-5-11-18/h4,8,10,12,15,18H,2-3,6-7,11,13H2,1H3. The lowest BCUT2D eigenvalue weighted by molar-refractivity contribution is 0.350. The van der Waals surface area contributed by atoms with Crippen molar-refractivity contribution >= 4 is 10.0 Å². The van der Waals surface area contributed by atoms with E-state index in [1.165, 1.54) is 17.1 Å². The molecule has 1 N–H and O–H groups in total. The first kappa shape index (κ1) is 16.0. The van der Waals surface area contributed by atoms with Gasteiger partial charge in [0.2, 0.25) is 10.0 Å². The molecule has 21 heavy (non-hydrogen) atoms. The maximum atomic E-state index is 12.6. The van der Waals surface area contributed by atoms with Crippen molar-refractivity contribution in [3.8, 4) is 11.8 Å². The summed E-state index contributed by atoms with van der Waals surface area (Å²) in [5.74, 6) is 5.74. The molecule has 4 nitrogen and oxygen atoms in total. The highest BCUT2D eigenvalue weighted by molar-refractivity contribution is 7.89. The third kappa shape index (κ3) is 4.07. The van der Waals surface area contributed by atoms with Gasteiger partial charge in [0.1, 0.15) is 6.61 Å². The van der Waals surface area contributed by atoms with E-state index in [1.54, 1.807) is 31.3 Å². The SMILES string of the molecule is CN(CC1CCCC1)S(=O)(=O)c1cccc(C#CCO)c1. The molecule has 114 valence electrons. The maximum Gasteiger partial charge on any atom is 0.242 e. The number of aliphatic hydroxyl groups excluding tert-OH is 1. The van der Waals surface area contributed by atoms with Gasteiger partial charge in [-0.25, -0.2) is 12.7 Å². The number of hydrogen-bond acceptors (Lipinski definition) is 3. The third-order valence-corrected chi connectivity index (χ3v) is 5.66. The molecular weight excluding hydrogens is 286 g/mol. The van der Waals surface area contributed by atoms with Crippen molar-refractivity contribution < 1.29 is 13.5 Å². The molecule has 5 heteroatoms. The van der Waals surface area contributed by atoms with E-state index in [9.17, 15) is 8.42 Å².